The molecule has 2 atom stereocenters. The molecule has 6 heteroatoms. The smallest absolute Gasteiger partial charge is 0.328 e. The third kappa shape index (κ3) is 2.09. The van der Waals surface area contributed by atoms with Gasteiger partial charge in [0.25, 0.3) is 5.56 Å². The number of rotatable bonds is 3. The van der Waals surface area contributed by atoms with Crippen LogP contribution in [0, 0.1) is 0 Å². The predicted octanol–water partition coefficient (Wildman–Crippen LogP) is 1.67. The Morgan fingerprint density at radius 2 is 2.05 bits per heavy atom. The summed E-state index contributed by atoms with van der Waals surface area (Å²) in [6, 6.07) is 9.01. The Kier molecular flexibility index (Phi) is 3.82. The standard InChI is InChI=1S/C16H17BrN2O3/c1-2-12-13-16(22,10-6-4-3-5-7-10)8-11(9-17)19(13)15(21)18-14(12)20/h3-7,11,22H,2,8-9H2,1H3,(H,18,20,21)/t11-,16-/m0/s1. The van der Waals surface area contributed by atoms with Crippen LogP contribution < -0.4 is 11.2 Å². The molecule has 3 rings (SSSR count). The SMILES string of the molecule is CCc1c2n(c(=O)[nH]c1=O)[C@H](CBr)C[C@]2(O)c1ccccc1. The first-order chi connectivity index (χ1) is 10.5. The van der Waals surface area contributed by atoms with Crippen LogP contribution in [0.2, 0.25) is 0 Å². The van der Waals surface area contributed by atoms with E-state index in [2.05, 4.69) is 20.9 Å². The molecule has 116 valence electrons. The number of aliphatic hydroxyl groups is 1. The number of fused-ring (bicyclic) bond motifs is 1. The van der Waals surface area contributed by atoms with Crippen molar-refractivity contribution in [2.24, 2.45) is 0 Å². The van der Waals surface area contributed by atoms with E-state index in [-0.39, 0.29) is 6.04 Å². The van der Waals surface area contributed by atoms with Crippen LogP contribution >= 0.6 is 15.9 Å². The van der Waals surface area contributed by atoms with Crippen molar-refractivity contribution >= 4 is 15.9 Å². The van der Waals surface area contributed by atoms with Crippen molar-refractivity contribution in [3.05, 3.63) is 68.0 Å². The summed E-state index contributed by atoms with van der Waals surface area (Å²) in [5, 5.41) is 11.9. The lowest BCUT2D eigenvalue weighted by Crippen LogP contribution is -2.37. The van der Waals surface area contributed by atoms with Gasteiger partial charge < -0.3 is 5.11 Å². The molecule has 2 N–H and O–H groups in total. The van der Waals surface area contributed by atoms with Crippen LogP contribution in [-0.4, -0.2) is 20.0 Å². The lowest BCUT2D eigenvalue weighted by molar-refractivity contribution is 0.0778. The number of halogens is 1. The lowest BCUT2D eigenvalue weighted by atomic mass is 9.86. The van der Waals surface area contributed by atoms with Gasteiger partial charge >= 0.3 is 5.69 Å². The van der Waals surface area contributed by atoms with Gasteiger partial charge in [-0.2, -0.15) is 0 Å². The number of aromatic amines is 1. The largest absolute Gasteiger partial charge is 0.379 e. The van der Waals surface area contributed by atoms with Crippen LogP contribution in [0.25, 0.3) is 0 Å². The van der Waals surface area contributed by atoms with E-state index < -0.39 is 16.9 Å². The van der Waals surface area contributed by atoms with Crippen molar-refractivity contribution in [1.82, 2.24) is 9.55 Å². The summed E-state index contributed by atoms with van der Waals surface area (Å²) in [5.74, 6) is 0. The van der Waals surface area contributed by atoms with Gasteiger partial charge in [0.1, 0.15) is 5.60 Å². The second-order valence-corrected chi connectivity index (χ2v) is 6.20. The molecule has 0 aliphatic carbocycles. The molecule has 5 nitrogen and oxygen atoms in total. The quantitative estimate of drug-likeness (QED) is 0.813. The topological polar surface area (TPSA) is 75.1 Å². The molecule has 1 aliphatic heterocycles. The molecule has 0 bridgehead atoms. The molecule has 1 aromatic carbocycles. The van der Waals surface area contributed by atoms with Crippen LogP contribution in [0.15, 0.2) is 39.9 Å². The van der Waals surface area contributed by atoms with E-state index in [9.17, 15) is 14.7 Å². The van der Waals surface area contributed by atoms with Gasteiger partial charge in [-0.3, -0.25) is 14.3 Å². The summed E-state index contributed by atoms with van der Waals surface area (Å²) < 4.78 is 1.53. The summed E-state index contributed by atoms with van der Waals surface area (Å²) in [4.78, 5) is 26.8. The van der Waals surface area contributed by atoms with Gasteiger partial charge in [0.05, 0.1) is 11.7 Å². The lowest BCUT2D eigenvalue weighted by Gasteiger charge is -2.25. The first-order valence-corrected chi connectivity index (χ1v) is 8.37. The van der Waals surface area contributed by atoms with E-state index in [0.717, 1.165) is 0 Å². The van der Waals surface area contributed by atoms with Crippen molar-refractivity contribution in [2.45, 2.75) is 31.4 Å². The molecule has 0 amide bonds. The van der Waals surface area contributed by atoms with Gasteiger partial charge in [0.2, 0.25) is 0 Å². The highest BCUT2D eigenvalue weighted by atomic mass is 79.9. The zero-order valence-electron chi connectivity index (χ0n) is 12.2. The van der Waals surface area contributed by atoms with E-state index in [1.54, 1.807) is 0 Å². The Morgan fingerprint density at radius 3 is 2.64 bits per heavy atom. The van der Waals surface area contributed by atoms with Gasteiger partial charge in [-0.1, -0.05) is 53.2 Å². The molecule has 0 saturated carbocycles. The second kappa shape index (κ2) is 5.52. The molecule has 2 heterocycles. The number of hydrogen-bond donors (Lipinski definition) is 2. The summed E-state index contributed by atoms with van der Waals surface area (Å²) in [6.45, 7) is 1.85. The van der Waals surface area contributed by atoms with E-state index >= 15 is 0 Å². The molecular weight excluding hydrogens is 348 g/mol. The highest BCUT2D eigenvalue weighted by Gasteiger charge is 2.46. The maximum Gasteiger partial charge on any atom is 0.328 e. The Hall–Kier alpha value is -1.66. The fourth-order valence-corrected chi connectivity index (χ4v) is 3.85. The summed E-state index contributed by atoms with van der Waals surface area (Å²) in [6.07, 6.45) is 0.816. The molecular formula is C16H17BrN2O3. The van der Waals surface area contributed by atoms with E-state index in [0.29, 0.717) is 35.0 Å². The minimum Gasteiger partial charge on any atom is -0.379 e. The van der Waals surface area contributed by atoms with Crippen molar-refractivity contribution < 1.29 is 5.11 Å². The zero-order chi connectivity index (χ0) is 15.9. The van der Waals surface area contributed by atoms with Crippen molar-refractivity contribution in [3.63, 3.8) is 0 Å². The van der Waals surface area contributed by atoms with Gasteiger partial charge in [0, 0.05) is 17.3 Å². The average molecular weight is 365 g/mol. The number of H-pyrrole nitrogens is 1. The zero-order valence-corrected chi connectivity index (χ0v) is 13.8. The van der Waals surface area contributed by atoms with Crippen LogP contribution in [0.3, 0.4) is 0 Å². The van der Waals surface area contributed by atoms with E-state index in [4.69, 9.17) is 0 Å². The normalized spacial score (nSPS) is 23.5. The van der Waals surface area contributed by atoms with Gasteiger partial charge in [-0.05, 0) is 12.0 Å². The first kappa shape index (κ1) is 15.2. The van der Waals surface area contributed by atoms with Crippen LogP contribution in [0.4, 0.5) is 0 Å². The van der Waals surface area contributed by atoms with E-state index in [1.807, 2.05) is 37.3 Å². The number of nitrogens with one attached hydrogen (secondary N) is 1. The van der Waals surface area contributed by atoms with Crippen LogP contribution in [-0.2, 0) is 12.0 Å². The maximum absolute atomic E-state index is 12.3. The highest BCUT2D eigenvalue weighted by molar-refractivity contribution is 9.09. The van der Waals surface area contributed by atoms with Gasteiger partial charge in [-0.15, -0.1) is 0 Å². The fraction of sp³-hybridized carbons (Fsp3) is 0.375. The minimum absolute atomic E-state index is 0.199. The minimum atomic E-state index is -1.32. The molecule has 0 spiro atoms. The Balaban J connectivity index is 2.38. The predicted molar refractivity (Wildman–Crippen MR) is 87.6 cm³/mol. The molecule has 0 radical (unpaired) electrons. The highest BCUT2D eigenvalue weighted by Crippen LogP contribution is 2.44. The van der Waals surface area contributed by atoms with Crippen molar-refractivity contribution in [1.29, 1.82) is 0 Å². The number of hydrogen-bond acceptors (Lipinski definition) is 3. The number of aromatic nitrogens is 2. The van der Waals surface area contributed by atoms with Gasteiger partial charge in [0.15, 0.2) is 0 Å². The molecule has 0 unspecified atom stereocenters. The second-order valence-electron chi connectivity index (χ2n) is 5.55. The average Bonchev–Trinajstić information content (AvgIpc) is 2.84. The molecule has 0 saturated heterocycles. The molecule has 1 aromatic heterocycles. The molecule has 22 heavy (non-hydrogen) atoms. The first-order valence-electron chi connectivity index (χ1n) is 7.25. The third-order valence-electron chi connectivity index (χ3n) is 4.31. The third-order valence-corrected chi connectivity index (χ3v) is 5.06. The maximum atomic E-state index is 12.3. The molecule has 0 fully saturated rings. The number of benzene rings is 1. The molecule has 1 aliphatic rings. The monoisotopic (exact) mass is 364 g/mol. The Labute approximate surface area is 135 Å². The van der Waals surface area contributed by atoms with Crippen LogP contribution in [0.1, 0.15) is 36.2 Å². The van der Waals surface area contributed by atoms with Crippen molar-refractivity contribution in [3.8, 4) is 0 Å². The van der Waals surface area contributed by atoms with Gasteiger partial charge in [-0.25, -0.2) is 4.79 Å². The van der Waals surface area contributed by atoms with E-state index in [1.165, 1.54) is 4.57 Å². The summed E-state index contributed by atoms with van der Waals surface area (Å²) in [5.41, 5.74) is -0.601. The Bertz CT molecular complexity index is 812. The summed E-state index contributed by atoms with van der Waals surface area (Å²) in [7, 11) is 0. The Morgan fingerprint density at radius 1 is 1.36 bits per heavy atom. The molecule has 2 aromatic rings. The number of alkyl halides is 1. The fourth-order valence-electron chi connectivity index (χ4n) is 3.33. The summed E-state index contributed by atoms with van der Waals surface area (Å²) >= 11 is 3.41. The van der Waals surface area contributed by atoms with Crippen molar-refractivity contribution in [2.75, 3.05) is 5.33 Å². The van der Waals surface area contributed by atoms with Crippen LogP contribution in [0.5, 0.6) is 0 Å². The number of nitrogens with zero attached hydrogens (tertiary/aromatic N) is 1.